The lowest BCUT2D eigenvalue weighted by atomic mass is 10.3. The molecule has 8 heteroatoms. The molecule has 1 aliphatic heterocycles. The monoisotopic (exact) mass is 435 g/mol. The number of halogens is 1. The second-order valence-corrected chi connectivity index (χ2v) is 7.89. The van der Waals surface area contributed by atoms with E-state index < -0.39 is 29.4 Å². The van der Waals surface area contributed by atoms with Crippen LogP contribution >= 0.6 is 11.8 Å². The first-order chi connectivity index (χ1) is 14.9. The van der Waals surface area contributed by atoms with E-state index in [4.69, 9.17) is 0 Å². The van der Waals surface area contributed by atoms with E-state index in [9.17, 15) is 18.8 Å². The molecule has 2 heterocycles. The number of nitrogens with zero attached hydrogens (tertiary/aromatic N) is 2. The maximum Gasteiger partial charge on any atom is 0.294 e. The van der Waals surface area contributed by atoms with Gasteiger partial charge in [0.25, 0.3) is 11.1 Å². The van der Waals surface area contributed by atoms with Gasteiger partial charge in [0.2, 0.25) is 5.91 Å². The SMILES string of the molecule is Cc1ccc(/C=C2\SC(=O)N(CC(=O)Nc3ccc(F)cc3)C2=O)n1-c1ccccc1. The van der Waals surface area contributed by atoms with Gasteiger partial charge in [-0.15, -0.1) is 0 Å². The molecule has 31 heavy (non-hydrogen) atoms. The molecule has 1 fully saturated rings. The van der Waals surface area contributed by atoms with Crippen molar-refractivity contribution in [2.75, 3.05) is 11.9 Å². The Morgan fingerprint density at radius 1 is 1.03 bits per heavy atom. The fraction of sp³-hybridized carbons (Fsp3) is 0.0870. The molecule has 0 unspecified atom stereocenters. The van der Waals surface area contributed by atoms with Gasteiger partial charge in [0, 0.05) is 22.8 Å². The highest BCUT2D eigenvalue weighted by molar-refractivity contribution is 8.18. The predicted octanol–water partition coefficient (Wildman–Crippen LogP) is 4.60. The largest absolute Gasteiger partial charge is 0.325 e. The summed E-state index contributed by atoms with van der Waals surface area (Å²) in [4.78, 5) is 38.6. The van der Waals surface area contributed by atoms with Crippen LogP contribution < -0.4 is 5.32 Å². The van der Waals surface area contributed by atoms with Crippen molar-refractivity contribution in [3.8, 4) is 5.69 Å². The Kier molecular flexibility index (Phi) is 5.73. The summed E-state index contributed by atoms with van der Waals surface area (Å²) in [6, 6.07) is 18.7. The fourth-order valence-electron chi connectivity index (χ4n) is 3.25. The lowest BCUT2D eigenvalue weighted by molar-refractivity contribution is -0.127. The number of nitrogens with one attached hydrogen (secondary N) is 1. The second-order valence-electron chi connectivity index (χ2n) is 6.89. The number of carbonyl (C=O) groups is 3. The molecule has 1 aliphatic rings. The molecule has 1 saturated heterocycles. The van der Waals surface area contributed by atoms with E-state index in [1.54, 1.807) is 6.08 Å². The summed E-state index contributed by atoms with van der Waals surface area (Å²) in [6.45, 7) is 1.54. The van der Waals surface area contributed by atoms with Crippen LogP contribution in [0.15, 0.2) is 71.6 Å². The van der Waals surface area contributed by atoms with Crippen molar-refractivity contribution in [1.29, 1.82) is 0 Å². The van der Waals surface area contributed by atoms with Crippen LogP contribution in [0.3, 0.4) is 0 Å². The predicted molar refractivity (Wildman–Crippen MR) is 118 cm³/mol. The zero-order valence-corrected chi connectivity index (χ0v) is 17.4. The van der Waals surface area contributed by atoms with Gasteiger partial charge in [-0.2, -0.15) is 0 Å². The third-order valence-corrected chi connectivity index (χ3v) is 5.61. The highest BCUT2D eigenvalue weighted by atomic mass is 32.2. The summed E-state index contributed by atoms with van der Waals surface area (Å²) < 4.78 is 15.0. The molecular weight excluding hydrogens is 417 g/mol. The van der Waals surface area contributed by atoms with Gasteiger partial charge < -0.3 is 9.88 Å². The lowest BCUT2D eigenvalue weighted by Gasteiger charge is -2.12. The van der Waals surface area contributed by atoms with Crippen molar-refractivity contribution < 1.29 is 18.8 Å². The Morgan fingerprint density at radius 2 is 1.74 bits per heavy atom. The number of hydrogen-bond acceptors (Lipinski definition) is 4. The average molecular weight is 435 g/mol. The zero-order chi connectivity index (χ0) is 22.0. The Bertz CT molecular complexity index is 1190. The van der Waals surface area contributed by atoms with E-state index in [1.807, 2.05) is 54.0 Å². The van der Waals surface area contributed by atoms with Crippen LogP contribution in [0.2, 0.25) is 0 Å². The number of aromatic nitrogens is 1. The van der Waals surface area contributed by atoms with Crippen LogP contribution in [0.1, 0.15) is 11.4 Å². The minimum Gasteiger partial charge on any atom is -0.325 e. The van der Waals surface area contributed by atoms with Crippen LogP contribution in [0, 0.1) is 12.7 Å². The maximum atomic E-state index is 13.0. The summed E-state index contributed by atoms with van der Waals surface area (Å²) in [5.41, 5.74) is 3.06. The summed E-state index contributed by atoms with van der Waals surface area (Å²) in [7, 11) is 0. The van der Waals surface area contributed by atoms with Gasteiger partial charge in [-0.1, -0.05) is 18.2 Å². The minimum atomic E-state index is -0.543. The van der Waals surface area contributed by atoms with E-state index in [0.29, 0.717) is 5.69 Å². The maximum absolute atomic E-state index is 13.0. The second kappa shape index (κ2) is 8.61. The van der Waals surface area contributed by atoms with Gasteiger partial charge >= 0.3 is 0 Å². The molecular formula is C23H18FN3O3S. The molecule has 3 amide bonds. The highest BCUT2D eigenvalue weighted by Crippen LogP contribution is 2.33. The van der Waals surface area contributed by atoms with Crippen LogP contribution in [0.25, 0.3) is 11.8 Å². The standard InChI is InChI=1S/C23H18FN3O3S/c1-15-7-12-19(27(15)18-5-3-2-4-6-18)13-20-22(29)26(23(30)31-20)14-21(28)25-17-10-8-16(24)9-11-17/h2-13H,14H2,1H3,(H,25,28)/b20-13-. The Hall–Kier alpha value is -3.65. The van der Waals surface area contributed by atoms with Crippen molar-refractivity contribution in [3.05, 3.63) is 88.8 Å². The van der Waals surface area contributed by atoms with Gasteiger partial charge in [0.1, 0.15) is 12.4 Å². The van der Waals surface area contributed by atoms with Crippen molar-refractivity contribution in [3.63, 3.8) is 0 Å². The van der Waals surface area contributed by atoms with E-state index in [-0.39, 0.29) is 4.91 Å². The van der Waals surface area contributed by atoms with E-state index >= 15 is 0 Å². The molecule has 1 N–H and O–H groups in total. The molecule has 0 spiro atoms. The van der Waals surface area contributed by atoms with E-state index in [0.717, 1.165) is 33.7 Å². The molecule has 0 radical (unpaired) electrons. The van der Waals surface area contributed by atoms with Gasteiger partial charge in [-0.25, -0.2) is 4.39 Å². The summed E-state index contributed by atoms with van der Waals surface area (Å²) in [5, 5.41) is 2.04. The quantitative estimate of drug-likeness (QED) is 0.595. The average Bonchev–Trinajstić information content (AvgIpc) is 3.24. The van der Waals surface area contributed by atoms with Gasteiger partial charge in [-0.05, 0) is 73.3 Å². The molecule has 0 saturated carbocycles. The third kappa shape index (κ3) is 4.44. The Balaban J connectivity index is 1.52. The molecule has 0 atom stereocenters. The first-order valence-corrected chi connectivity index (χ1v) is 10.3. The topological polar surface area (TPSA) is 71.4 Å². The van der Waals surface area contributed by atoms with Gasteiger partial charge in [0.15, 0.2) is 0 Å². The number of imide groups is 1. The van der Waals surface area contributed by atoms with Gasteiger partial charge in [0.05, 0.1) is 4.91 Å². The summed E-state index contributed by atoms with van der Waals surface area (Å²) in [6.07, 6.45) is 1.66. The van der Waals surface area contributed by atoms with Crippen molar-refractivity contribution >= 4 is 40.6 Å². The number of benzene rings is 2. The van der Waals surface area contributed by atoms with Crippen LogP contribution in [-0.2, 0) is 9.59 Å². The molecule has 0 aliphatic carbocycles. The van der Waals surface area contributed by atoms with Crippen LogP contribution in [0.4, 0.5) is 14.9 Å². The summed E-state index contributed by atoms with van der Waals surface area (Å²) in [5.74, 6) is -1.49. The van der Waals surface area contributed by atoms with Crippen LogP contribution in [-0.4, -0.2) is 33.1 Å². The summed E-state index contributed by atoms with van der Waals surface area (Å²) >= 11 is 0.796. The minimum absolute atomic E-state index is 0.245. The smallest absolute Gasteiger partial charge is 0.294 e. The first-order valence-electron chi connectivity index (χ1n) is 9.47. The van der Waals surface area contributed by atoms with E-state index in [1.165, 1.54) is 24.3 Å². The molecule has 156 valence electrons. The van der Waals surface area contributed by atoms with Crippen molar-refractivity contribution in [2.45, 2.75) is 6.92 Å². The molecule has 3 aromatic rings. The molecule has 2 aromatic carbocycles. The third-order valence-electron chi connectivity index (χ3n) is 4.70. The molecule has 0 bridgehead atoms. The van der Waals surface area contributed by atoms with Crippen molar-refractivity contribution in [2.24, 2.45) is 0 Å². The lowest BCUT2D eigenvalue weighted by Crippen LogP contribution is -2.36. The normalized spacial score (nSPS) is 15.0. The Morgan fingerprint density at radius 3 is 2.45 bits per heavy atom. The molecule has 1 aromatic heterocycles. The number of para-hydroxylation sites is 1. The van der Waals surface area contributed by atoms with Crippen LogP contribution in [0.5, 0.6) is 0 Å². The van der Waals surface area contributed by atoms with E-state index in [2.05, 4.69) is 5.32 Å². The Labute approximate surface area is 182 Å². The number of hydrogen-bond donors (Lipinski definition) is 1. The zero-order valence-electron chi connectivity index (χ0n) is 16.5. The van der Waals surface area contributed by atoms with Gasteiger partial charge in [-0.3, -0.25) is 19.3 Å². The number of anilines is 1. The fourth-order valence-corrected chi connectivity index (χ4v) is 4.07. The number of aryl methyl sites for hydroxylation is 1. The number of carbonyl (C=O) groups excluding carboxylic acids is 3. The molecule has 4 rings (SSSR count). The number of thioether (sulfide) groups is 1. The first kappa shape index (κ1) is 20.6. The molecule has 6 nitrogen and oxygen atoms in total. The number of amides is 3. The highest BCUT2D eigenvalue weighted by Gasteiger charge is 2.36. The van der Waals surface area contributed by atoms with Crippen molar-refractivity contribution in [1.82, 2.24) is 9.47 Å². The number of rotatable bonds is 5.